The van der Waals surface area contributed by atoms with Gasteiger partial charge in [-0.25, -0.2) is 0 Å². The van der Waals surface area contributed by atoms with Gasteiger partial charge in [-0.05, 0) is 24.3 Å². The summed E-state index contributed by atoms with van der Waals surface area (Å²) in [6.45, 7) is -0.207. The van der Waals surface area contributed by atoms with Crippen molar-refractivity contribution in [1.82, 2.24) is 5.16 Å². The first-order chi connectivity index (χ1) is 11.7. The van der Waals surface area contributed by atoms with Crippen molar-refractivity contribution in [3.63, 3.8) is 0 Å². The number of hydrogen-bond donors (Lipinski definition) is 1. The molecular formula is C18H16BrNO4. The molecule has 0 amide bonds. The van der Waals surface area contributed by atoms with E-state index in [0.29, 0.717) is 34.1 Å². The zero-order valence-corrected chi connectivity index (χ0v) is 14.8. The lowest BCUT2D eigenvalue weighted by Gasteiger charge is -2.11. The summed E-state index contributed by atoms with van der Waals surface area (Å²) >= 11 is 3.44. The fourth-order valence-corrected chi connectivity index (χ4v) is 3.00. The number of benzene rings is 2. The van der Waals surface area contributed by atoms with Gasteiger partial charge in [-0.2, -0.15) is 0 Å². The van der Waals surface area contributed by atoms with Crippen LogP contribution in [0.1, 0.15) is 5.56 Å². The molecule has 0 saturated carbocycles. The van der Waals surface area contributed by atoms with Gasteiger partial charge in [0.15, 0.2) is 17.3 Å². The summed E-state index contributed by atoms with van der Waals surface area (Å²) in [5.74, 6) is 1.58. The lowest BCUT2D eigenvalue weighted by atomic mass is 10.0. The van der Waals surface area contributed by atoms with Gasteiger partial charge in [-0.1, -0.05) is 39.3 Å². The molecule has 2 aromatic carbocycles. The Hall–Kier alpha value is -2.31. The van der Waals surface area contributed by atoms with E-state index in [2.05, 4.69) is 21.1 Å². The third-order valence-electron chi connectivity index (χ3n) is 3.69. The van der Waals surface area contributed by atoms with E-state index in [4.69, 9.17) is 14.0 Å². The van der Waals surface area contributed by atoms with Crippen molar-refractivity contribution >= 4 is 15.9 Å². The number of nitrogens with zero attached hydrogens (tertiary/aromatic N) is 1. The van der Waals surface area contributed by atoms with Crippen LogP contribution in [-0.2, 0) is 6.61 Å². The molecule has 5 nitrogen and oxygen atoms in total. The maximum Gasteiger partial charge on any atom is 0.176 e. The van der Waals surface area contributed by atoms with Crippen LogP contribution in [0.4, 0.5) is 0 Å². The van der Waals surface area contributed by atoms with E-state index < -0.39 is 0 Å². The normalized spacial score (nSPS) is 10.7. The standard InChI is InChI=1S/C18H16BrNO4/c1-22-15-8-4-7-13(18(15)23-2)17-14(10-21)16(20-24-17)11-5-3-6-12(19)9-11/h3-9,21H,10H2,1-2H3. The Bertz CT molecular complexity index is 860. The first kappa shape index (κ1) is 16.5. The van der Waals surface area contributed by atoms with Crippen molar-refractivity contribution in [2.24, 2.45) is 0 Å². The van der Waals surface area contributed by atoms with Gasteiger partial charge in [-0.3, -0.25) is 0 Å². The number of aliphatic hydroxyl groups excluding tert-OH is 1. The van der Waals surface area contributed by atoms with E-state index >= 15 is 0 Å². The number of methoxy groups -OCH3 is 2. The largest absolute Gasteiger partial charge is 0.493 e. The van der Waals surface area contributed by atoms with Crippen molar-refractivity contribution in [2.45, 2.75) is 6.61 Å². The molecule has 0 saturated heterocycles. The van der Waals surface area contributed by atoms with Crippen molar-refractivity contribution in [3.05, 3.63) is 52.5 Å². The molecule has 1 N–H and O–H groups in total. The first-order valence-electron chi connectivity index (χ1n) is 7.26. The smallest absolute Gasteiger partial charge is 0.176 e. The van der Waals surface area contributed by atoms with Gasteiger partial charge < -0.3 is 19.1 Å². The predicted molar refractivity (Wildman–Crippen MR) is 94.1 cm³/mol. The summed E-state index contributed by atoms with van der Waals surface area (Å²) in [5, 5.41) is 14.0. The highest BCUT2D eigenvalue weighted by molar-refractivity contribution is 9.10. The minimum atomic E-state index is -0.207. The van der Waals surface area contributed by atoms with Gasteiger partial charge in [0.25, 0.3) is 0 Å². The maximum absolute atomic E-state index is 9.89. The number of aliphatic hydroxyl groups is 1. The summed E-state index contributed by atoms with van der Waals surface area (Å²) in [6, 6.07) is 13.1. The van der Waals surface area contributed by atoms with Gasteiger partial charge in [0.2, 0.25) is 0 Å². The summed E-state index contributed by atoms with van der Waals surface area (Å²) in [7, 11) is 3.13. The highest BCUT2D eigenvalue weighted by Gasteiger charge is 2.22. The molecule has 24 heavy (non-hydrogen) atoms. The van der Waals surface area contributed by atoms with E-state index in [0.717, 1.165) is 10.0 Å². The molecule has 0 radical (unpaired) electrons. The number of halogens is 1. The Labute approximate surface area is 147 Å². The van der Waals surface area contributed by atoms with Gasteiger partial charge >= 0.3 is 0 Å². The van der Waals surface area contributed by atoms with Crippen LogP contribution in [-0.4, -0.2) is 24.5 Å². The van der Waals surface area contributed by atoms with Gasteiger partial charge in [0.1, 0.15) is 5.69 Å². The first-order valence-corrected chi connectivity index (χ1v) is 8.05. The zero-order chi connectivity index (χ0) is 17.1. The van der Waals surface area contributed by atoms with Crippen LogP contribution in [0.25, 0.3) is 22.6 Å². The Balaban J connectivity index is 2.18. The van der Waals surface area contributed by atoms with Crippen molar-refractivity contribution in [3.8, 4) is 34.1 Å². The zero-order valence-electron chi connectivity index (χ0n) is 13.2. The Morgan fingerprint density at radius 3 is 2.58 bits per heavy atom. The highest BCUT2D eigenvalue weighted by Crippen LogP contribution is 2.41. The SMILES string of the molecule is COc1cccc(-c2onc(-c3cccc(Br)c3)c2CO)c1OC. The van der Waals surface area contributed by atoms with E-state index in [1.165, 1.54) is 0 Å². The number of aromatic nitrogens is 1. The van der Waals surface area contributed by atoms with Gasteiger partial charge in [-0.15, -0.1) is 0 Å². The van der Waals surface area contributed by atoms with E-state index in [-0.39, 0.29) is 6.61 Å². The van der Waals surface area contributed by atoms with Crippen LogP contribution < -0.4 is 9.47 Å². The fraction of sp³-hybridized carbons (Fsp3) is 0.167. The molecule has 0 aliphatic rings. The monoisotopic (exact) mass is 389 g/mol. The van der Waals surface area contributed by atoms with E-state index in [1.807, 2.05) is 36.4 Å². The average Bonchev–Trinajstić information content (AvgIpc) is 3.04. The maximum atomic E-state index is 9.89. The molecule has 1 aromatic heterocycles. The van der Waals surface area contributed by atoms with E-state index in [9.17, 15) is 5.11 Å². The van der Waals surface area contributed by atoms with E-state index in [1.54, 1.807) is 20.3 Å². The molecular weight excluding hydrogens is 374 g/mol. The molecule has 1 heterocycles. The van der Waals surface area contributed by atoms with Crippen LogP contribution in [0, 0.1) is 0 Å². The van der Waals surface area contributed by atoms with Crippen LogP contribution in [0.15, 0.2) is 51.5 Å². The van der Waals surface area contributed by atoms with Crippen molar-refractivity contribution in [2.75, 3.05) is 14.2 Å². The molecule has 0 unspecified atom stereocenters. The average molecular weight is 390 g/mol. The molecule has 0 spiro atoms. The lowest BCUT2D eigenvalue weighted by Crippen LogP contribution is -1.95. The minimum absolute atomic E-state index is 0.207. The molecule has 0 fully saturated rings. The molecule has 6 heteroatoms. The fourth-order valence-electron chi connectivity index (χ4n) is 2.60. The quantitative estimate of drug-likeness (QED) is 0.705. The third-order valence-corrected chi connectivity index (χ3v) is 4.19. The topological polar surface area (TPSA) is 64.7 Å². The Kier molecular flexibility index (Phi) is 4.87. The second-order valence-electron chi connectivity index (χ2n) is 5.05. The Morgan fingerprint density at radius 1 is 1.12 bits per heavy atom. The second-order valence-corrected chi connectivity index (χ2v) is 5.96. The summed E-state index contributed by atoms with van der Waals surface area (Å²) in [4.78, 5) is 0. The number of hydrogen-bond acceptors (Lipinski definition) is 5. The summed E-state index contributed by atoms with van der Waals surface area (Å²) in [6.07, 6.45) is 0. The molecule has 0 atom stereocenters. The molecule has 3 aromatic rings. The predicted octanol–water partition coefficient (Wildman–Crippen LogP) is 4.28. The van der Waals surface area contributed by atoms with Crippen LogP contribution in [0.2, 0.25) is 0 Å². The molecule has 0 bridgehead atoms. The number of para-hydroxylation sites is 1. The summed E-state index contributed by atoms with van der Waals surface area (Å²) in [5.41, 5.74) is 2.72. The second kappa shape index (κ2) is 7.07. The van der Waals surface area contributed by atoms with Crippen molar-refractivity contribution < 1.29 is 19.1 Å². The molecule has 0 aliphatic heterocycles. The molecule has 0 aliphatic carbocycles. The van der Waals surface area contributed by atoms with Gasteiger partial charge in [0, 0.05) is 10.0 Å². The lowest BCUT2D eigenvalue weighted by molar-refractivity contribution is 0.281. The number of ether oxygens (including phenoxy) is 2. The summed E-state index contributed by atoms with van der Waals surface area (Å²) < 4.78 is 17.2. The van der Waals surface area contributed by atoms with Crippen LogP contribution in [0.3, 0.4) is 0 Å². The van der Waals surface area contributed by atoms with Crippen LogP contribution in [0.5, 0.6) is 11.5 Å². The minimum Gasteiger partial charge on any atom is -0.493 e. The number of rotatable bonds is 5. The molecule has 3 rings (SSSR count). The highest BCUT2D eigenvalue weighted by atomic mass is 79.9. The van der Waals surface area contributed by atoms with Gasteiger partial charge in [0.05, 0.1) is 32.0 Å². The Morgan fingerprint density at radius 2 is 1.92 bits per heavy atom. The molecule has 124 valence electrons. The third kappa shape index (κ3) is 2.90. The van der Waals surface area contributed by atoms with Crippen LogP contribution >= 0.6 is 15.9 Å². The van der Waals surface area contributed by atoms with Crippen molar-refractivity contribution in [1.29, 1.82) is 0 Å².